The first-order chi connectivity index (χ1) is 14.7. The van der Waals surface area contributed by atoms with Crippen LogP contribution in [0.15, 0.2) is 36.4 Å². The Balaban J connectivity index is 2.14. The maximum atomic E-state index is 13.0. The van der Waals surface area contributed by atoms with Crippen LogP contribution < -0.4 is 4.74 Å². The number of carbonyl (C=O) groups excluding carboxylic acids is 1. The molecule has 0 heterocycles. The summed E-state index contributed by atoms with van der Waals surface area (Å²) >= 11 is 6.47. The van der Waals surface area contributed by atoms with Gasteiger partial charge in [0.1, 0.15) is 19.0 Å². The SMILES string of the molecule is CCOC(=O)C1(c2cc(Cl)c(OCCF)c(-c3ccc(C(F)(F)F)cc3)c2)CCCC1. The van der Waals surface area contributed by atoms with Crippen molar-refractivity contribution < 1.29 is 31.8 Å². The third kappa shape index (κ3) is 4.81. The summed E-state index contributed by atoms with van der Waals surface area (Å²) in [6, 6.07) is 7.87. The van der Waals surface area contributed by atoms with Crippen LogP contribution in [0.5, 0.6) is 5.75 Å². The quantitative estimate of drug-likeness (QED) is 0.340. The van der Waals surface area contributed by atoms with Gasteiger partial charge < -0.3 is 9.47 Å². The van der Waals surface area contributed by atoms with Gasteiger partial charge in [0.05, 0.1) is 22.6 Å². The zero-order valence-corrected chi connectivity index (χ0v) is 17.8. The van der Waals surface area contributed by atoms with E-state index >= 15 is 0 Å². The summed E-state index contributed by atoms with van der Waals surface area (Å²) in [5.41, 5.74) is -0.221. The maximum absolute atomic E-state index is 13.0. The van der Waals surface area contributed by atoms with Crippen molar-refractivity contribution in [2.45, 2.75) is 44.2 Å². The molecule has 0 N–H and O–H groups in total. The van der Waals surface area contributed by atoms with Crippen LogP contribution >= 0.6 is 11.6 Å². The van der Waals surface area contributed by atoms with Crippen molar-refractivity contribution in [1.29, 1.82) is 0 Å². The zero-order chi connectivity index (χ0) is 22.6. The lowest BCUT2D eigenvalue weighted by molar-refractivity contribution is -0.150. The van der Waals surface area contributed by atoms with Gasteiger partial charge in [-0.2, -0.15) is 13.2 Å². The van der Waals surface area contributed by atoms with Crippen LogP contribution in [0.4, 0.5) is 17.6 Å². The topological polar surface area (TPSA) is 35.5 Å². The van der Waals surface area contributed by atoms with Crippen molar-refractivity contribution in [2.75, 3.05) is 19.9 Å². The van der Waals surface area contributed by atoms with Gasteiger partial charge >= 0.3 is 12.1 Å². The lowest BCUT2D eigenvalue weighted by Gasteiger charge is -2.28. The molecular weight excluding hydrogens is 436 g/mol. The number of carbonyl (C=O) groups is 1. The molecule has 3 nitrogen and oxygen atoms in total. The van der Waals surface area contributed by atoms with Crippen LogP contribution in [0.2, 0.25) is 5.02 Å². The highest BCUT2D eigenvalue weighted by Gasteiger charge is 2.44. The van der Waals surface area contributed by atoms with E-state index in [4.69, 9.17) is 21.1 Å². The van der Waals surface area contributed by atoms with Gasteiger partial charge in [-0.25, -0.2) is 4.39 Å². The Labute approximate surface area is 183 Å². The minimum atomic E-state index is -4.47. The first-order valence-corrected chi connectivity index (χ1v) is 10.5. The molecule has 8 heteroatoms. The Kier molecular flexibility index (Phi) is 7.14. The molecule has 1 fully saturated rings. The van der Waals surface area contributed by atoms with Gasteiger partial charge in [0.25, 0.3) is 0 Å². The van der Waals surface area contributed by atoms with E-state index in [-0.39, 0.29) is 30.0 Å². The molecule has 0 atom stereocenters. The molecule has 3 rings (SSSR count). The van der Waals surface area contributed by atoms with Crippen LogP contribution in [0, 0.1) is 0 Å². The monoisotopic (exact) mass is 458 g/mol. The van der Waals surface area contributed by atoms with Gasteiger partial charge in [0.2, 0.25) is 0 Å². The second-order valence-electron chi connectivity index (χ2n) is 7.46. The van der Waals surface area contributed by atoms with Crippen LogP contribution in [0.3, 0.4) is 0 Å². The van der Waals surface area contributed by atoms with Crippen molar-refractivity contribution in [3.8, 4) is 16.9 Å². The normalized spacial score (nSPS) is 15.7. The second-order valence-corrected chi connectivity index (χ2v) is 7.86. The minimum Gasteiger partial charge on any atom is -0.489 e. The Hall–Kier alpha value is -2.28. The molecule has 0 aromatic heterocycles. The predicted octanol–water partition coefficient (Wildman–Crippen LogP) is 6.75. The number of esters is 1. The molecule has 0 aliphatic heterocycles. The van der Waals surface area contributed by atoms with Crippen molar-refractivity contribution in [1.82, 2.24) is 0 Å². The molecule has 31 heavy (non-hydrogen) atoms. The molecule has 0 amide bonds. The van der Waals surface area contributed by atoms with Gasteiger partial charge in [0, 0.05) is 5.56 Å². The van der Waals surface area contributed by atoms with E-state index < -0.39 is 23.8 Å². The third-order valence-corrected chi connectivity index (χ3v) is 5.85. The van der Waals surface area contributed by atoms with Gasteiger partial charge in [-0.05, 0) is 55.2 Å². The van der Waals surface area contributed by atoms with E-state index in [1.807, 2.05) is 0 Å². The largest absolute Gasteiger partial charge is 0.489 e. The molecule has 0 saturated heterocycles. The molecule has 2 aromatic carbocycles. The second kappa shape index (κ2) is 9.47. The number of hydrogen-bond donors (Lipinski definition) is 0. The van der Waals surface area contributed by atoms with Crippen molar-refractivity contribution >= 4 is 17.6 Å². The summed E-state index contributed by atoms with van der Waals surface area (Å²) in [7, 11) is 0. The summed E-state index contributed by atoms with van der Waals surface area (Å²) in [4.78, 5) is 12.9. The Morgan fingerprint density at radius 3 is 2.32 bits per heavy atom. The number of rotatable bonds is 7. The molecule has 0 unspecified atom stereocenters. The van der Waals surface area contributed by atoms with Crippen LogP contribution in [0.25, 0.3) is 11.1 Å². The molecule has 0 spiro atoms. The average molecular weight is 459 g/mol. The molecule has 0 bridgehead atoms. The molecular formula is C23H23ClF4O3. The molecule has 1 aliphatic rings. The number of benzene rings is 2. The third-order valence-electron chi connectivity index (χ3n) is 5.57. The van der Waals surface area contributed by atoms with E-state index in [1.165, 1.54) is 12.1 Å². The van der Waals surface area contributed by atoms with E-state index in [0.717, 1.165) is 25.0 Å². The van der Waals surface area contributed by atoms with Crippen molar-refractivity contribution in [3.05, 3.63) is 52.5 Å². The Bertz CT molecular complexity index is 920. The molecule has 1 aliphatic carbocycles. The maximum Gasteiger partial charge on any atom is 0.416 e. The summed E-state index contributed by atoms with van der Waals surface area (Å²) < 4.78 is 62.5. The molecule has 168 valence electrons. The van der Waals surface area contributed by atoms with Gasteiger partial charge in [-0.1, -0.05) is 36.6 Å². The average Bonchev–Trinajstić information content (AvgIpc) is 3.23. The first kappa shape index (κ1) is 23.4. The van der Waals surface area contributed by atoms with Crippen LogP contribution in [0.1, 0.15) is 43.7 Å². The summed E-state index contributed by atoms with van der Waals surface area (Å²) in [5, 5.41) is 0.163. The van der Waals surface area contributed by atoms with E-state index in [9.17, 15) is 22.4 Å². The summed E-state index contributed by atoms with van der Waals surface area (Å²) in [6.45, 7) is 0.958. The molecule has 0 radical (unpaired) electrons. The fraction of sp³-hybridized carbons (Fsp3) is 0.435. The zero-order valence-electron chi connectivity index (χ0n) is 17.0. The lowest BCUT2D eigenvalue weighted by atomic mass is 9.78. The highest BCUT2D eigenvalue weighted by atomic mass is 35.5. The van der Waals surface area contributed by atoms with Crippen LogP contribution in [-0.2, 0) is 21.1 Å². The highest BCUT2D eigenvalue weighted by Crippen LogP contribution is 2.47. The Morgan fingerprint density at radius 1 is 1.13 bits per heavy atom. The number of hydrogen-bond acceptors (Lipinski definition) is 3. The molecule has 2 aromatic rings. The number of halogens is 5. The Morgan fingerprint density at radius 2 is 1.77 bits per heavy atom. The van der Waals surface area contributed by atoms with E-state index in [2.05, 4.69) is 0 Å². The van der Waals surface area contributed by atoms with E-state index in [0.29, 0.717) is 29.5 Å². The van der Waals surface area contributed by atoms with Gasteiger partial charge in [-0.3, -0.25) is 4.79 Å². The van der Waals surface area contributed by atoms with Crippen molar-refractivity contribution in [3.63, 3.8) is 0 Å². The van der Waals surface area contributed by atoms with Gasteiger partial charge in [0.15, 0.2) is 0 Å². The van der Waals surface area contributed by atoms with Crippen LogP contribution in [-0.4, -0.2) is 25.9 Å². The summed E-state index contributed by atoms with van der Waals surface area (Å²) in [6.07, 6.45) is -1.62. The van der Waals surface area contributed by atoms with Gasteiger partial charge in [-0.15, -0.1) is 0 Å². The lowest BCUT2D eigenvalue weighted by Crippen LogP contribution is -2.34. The fourth-order valence-electron chi connectivity index (χ4n) is 4.07. The number of ether oxygens (including phenoxy) is 2. The van der Waals surface area contributed by atoms with E-state index in [1.54, 1.807) is 19.1 Å². The van der Waals surface area contributed by atoms with Crippen molar-refractivity contribution in [2.24, 2.45) is 0 Å². The minimum absolute atomic E-state index is 0.163. The smallest absolute Gasteiger partial charge is 0.416 e. The highest BCUT2D eigenvalue weighted by molar-refractivity contribution is 6.32. The predicted molar refractivity (Wildman–Crippen MR) is 110 cm³/mol. The first-order valence-electron chi connectivity index (χ1n) is 10.1. The fourth-order valence-corrected chi connectivity index (χ4v) is 4.34. The standard InChI is InChI=1S/C23H23ClF4O3/c1-2-30-21(29)22(9-3-4-10-22)17-13-18(20(19(24)14-17)31-12-11-25)15-5-7-16(8-6-15)23(26,27)28/h5-8,13-14H,2-4,9-12H2,1H3. The number of alkyl halides is 4. The summed E-state index contributed by atoms with van der Waals surface area (Å²) in [5.74, 6) is -0.181. The molecule has 1 saturated carbocycles.